The minimum Gasteiger partial charge on any atom is -0.364 e. The van der Waals surface area contributed by atoms with E-state index in [1.807, 2.05) is 6.92 Å². The lowest BCUT2D eigenvalue weighted by Gasteiger charge is -2.10. The molecule has 0 aliphatic heterocycles. The van der Waals surface area contributed by atoms with Crippen molar-refractivity contribution in [3.05, 3.63) is 51.3 Å². The number of unbranched alkanes of at least 4 members (excludes halogenated alkanes) is 1. The number of hydrazine groups is 1. The Hall–Kier alpha value is -2.94. The molecule has 2 rings (SSSR count). The molecule has 3 N–H and O–H groups in total. The van der Waals surface area contributed by atoms with E-state index in [4.69, 9.17) is 11.6 Å². The summed E-state index contributed by atoms with van der Waals surface area (Å²) in [4.78, 5) is 30.5. The van der Waals surface area contributed by atoms with Gasteiger partial charge in [0.05, 0.1) is 4.92 Å². The topological polar surface area (TPSA) is 122 Å². The van der Waals surface area contributed by atoms with E-state index in [1.54, 1.807) is 18.2 Å². The third kappa shape index (κ3) is 5.01. The van der Waals surface area contributed by atoms with Gasteiger partial charge in [0, 0.05) is 17.1 Å². The summed E-state index contributed by atoms with van der Waals surface area (Å²) < 4.78 is 0. The molecule has 25 heavy (non-hydrogen) atoms. The Labute approximate surface area is 148 Å². The van der Waals surface area contributed by atoms with Gasteiger partial charge < -0.3 is 5.32 Å². The van der Waals surface area contributed by atoms with Crippen LogP contribution >= 0.6 is 11.6 Å². The van der Waals surface area contributed by atoms with Crippen LogP contribution in [0.5, 0.6) is 0 Å². The van der Waals surface area contributed by atoms with Crippen LogP contribution in [0.1, 0.15) is 30.1 Å². The molecule has 0 saturated heterocycles. The maximum atomic E-state index is 12.1. The number of nitro groups is 1. The van der Waals surface area contributed by atoms with Crippen LogP contribution in [0.3, 0.4) is 0 Å². The summed E-state index contributed by atoms with van der Waals surface area (Å²) in [5.41, 5.74) is 4.79. The first kappa shape index (κ1) is 18.4. The predicted molar refractivity (Wildman–Crippen MR) is 94.6 cm³/mol. The number of halogens is 1. The van der Waals surface area contributed by atoms with Gasteiger partial charge in [0.15, 0.2) is 0 Å². The monoisotopic (exact) mass is 364 g/mol. The number of aromatic nitrogens is 2. The smallest absolute Gasteiger partial charge is 0.354 e. The number of benzene rings is 1. The fraction of sp³-hybridized carbons (Fsp3) is 0.267. The van der Waals surface area contributed by atoms with Gasteiger partial charge in [-0.1, -0.05) is 31.0 Å². The second-order valence-electron chi connectivity index (χ2n) is 5.05. The minimum absolute atomic E-state index is 0.0907. The van der Waals surface area contributed by atoms with Crippen LogP contribution in [0.4, 0.5) is 17.3 Å². The molecule has 10 heteroatoms. The van der Waals surface area contributed by atoms with Gasteiger partial charge in [-0.25, -0.2) is 9.97 Å². The van der Waals surface area contributed by atoms with Gasteiger partial charge in [0.25, 0.3) is 5.91 Å². The fourth-order valence-corrected chi connectivity index (χ4v) is 2.16. The molecule has 1 heterocycles. The van der Waals surface area contributed by atoms with Crippen molar-refractivity contribution in [1.29, 1.82) is 0 Å². The van der Waals surface area contributed by atoms with Gasteiger partial charge >= 0.3 is 5.69 Å². The summed E-state index contributed by atoms with van der Waals surface area (Å²) in [6, 6.07) is 6.30. The number of nitrogens with zero attached hydrogens (tertiary/aromatic N) is 3. The zero-order valence-electron chi connectivity index (χ0n) is 13.5. The van der Waals surface area contributed by atoms with Crippen molar-refractivity contribution in [2.24, 2.45) is 0 Å². The normalized spacial score (nSPS) is 10.2. The number of carbonyl (C=O) groups excluding carboxylic acids is 1. The molecular formula is C15H17ClN6O3. The Bertz CT molecular complexity index is 771. The van der Waals surface area contributed by atoms with Gasteiger partial charge in [-0.2, -0.15) is 0 Å². The highest BCUT2D eigenvalue weighted by Crippen LogP contribution is 2.28. The number of anilines is 2. The molecule has 0 aliphatic carbocycles. The van der Waals surface area contributed by atoms with Gasteiger partial charge in [-0.15, -0.1) is 0 Å². The van der Waals surface area contributed by atoms with Crippen LogP contribution in [-0.4, -0.2) is 27.3 Å². The molecule has 1 aromatic carbocycles. The summed E-state index contributed by atoms with van der Waals surface area (Å²) in [7, 11) is 0. The molecule has 0 bridgehead atoms. The molecule has 0 atom stereocenters. The molecular weight excluding hydrogens is 348 g/mol. The minimum atomic E-state index is -0.609. The number of hydrogen-bond acceptors (Lipinski definition) is 7. The first-order valence-corrected chi connectivity index (χ1v) is 7.96. The summed E-state index contributed by atoms with van der Waals surface area (Å²) >= 11 is 5.84. The second kappa shape index (κ2) is 8.78. The van der Waals surface area contributed by atoms with Crippen molar-refractivity contribution in [3.8, 4) is 0 Å². The molecule has 1 amide bonds. The quantitative estimate of drug-likeness (QED) is 0.374. The number of rotatable bonds is 8. The maximum Gasteiger partial charge on any atom is 0.354 e. The summed E-state index contributed by atoms with van der Waals surface area (Å²) in [5.74, 6) is -0.529. The zero-order chi connectivity index (χ0) is 18.2. The lowest BCUT2D eigenvalue weighted by atomic mass is 10.2. The number of hydrogen-bond donors (Lipinski definition) is 3. The molecule has 9 nitrogen and oxygen atoms in total. The van der Waals surface area contributed by atoms with E-state index in [0.29, 0.717) is 17.1 Å². The van der Waals surface area contributed by atoms with E-state index in [-0.39, 0.29) is 17.3 Å². The second-order valence-corrected chi connectivity index (χ2v) is 5.48. The van der Waals surface area contributed by atoms with Gasteiger partial charge in [-0.05, 0) is 24.6 Å². The summed E-state index contributed by atoms with van der Waals surface area (Å²) in [5, 5.41) is 14.7. The highest BCUT2D eigenvalue weighted by atomic mass is 35.5. The highest BCUT2D eigenvalue weighted by Gasteiger charge is 2.23. The van der Waals surface area contributed by atoms with Crippen LogP contribution in [0.15, 0.2) is 30.6 Å². The lowest BCUT2D eigenvalue weighted by molar-refractivity contribution is -0.383. The SMILES string of the molecule is CCCCNc1ncnc(NNC(=O)c2cccc(Cl)c2)c1[N+](=O)[O-]. The first-order chi connectivity index (χ1) is 12.0. The lowest BCUT2D eigenvalue weighted by Crippen LogP contribution is -2.30. The Morgan fingerprint density at radius 1 is 1.32 bits per heavy atom. The van der Waals surface area contributed by atoms with E-state index in [1.165, 1.54) is 12.4 Å². The van der Waals surface area contributed by atoms with Crippen LogP contribution in [0.25, 0.3) is 0 Å². The van der Waals surface area contributed by atoms with Crippen LogP contribution in [0, 0.1) is 10.1 Å². The number of carbonyl (C=O) groups is 1. The van der Waals surface area contributed by atoms with Gasteiger partial charge in [0.1, 0.15) is 6.33 Å². The van der Waals surface area contributed by atoms with Gasteiger partial charge in [0.2, 0.25) is 11.6 Å². The number of amides is 1. The van der Waals surface area contributed by atoms with Crippen molar-refractivity contribution in [1.82, 2.24) is 15.4 Å². The van der Waals surface area contributed by atoms with Crippen LogP contribution in [-0.2, 0) is 0 Å². The molecule has 0 fully saturated rings. The van der Waals surface area contributed by atoms with E-state index in [0.717, 1.165) is 12.8 Å². The molecule has 0 spiro atoms. The Kier molecular flexibility index (Phi) is 6.47. The van der Waals surface area contributed by atoms with Crippen molar-refractivity contribution in [2.45, 2.75) is 19.8 Å². The molecule has 0 unspecified atom stereocenters. The molecule has 0 radical (unpaired) electrons. The van der Waals surface area contributed by atoms with E-state index in [9.17, 15) is 14.9 Å². The largest absolute Gasteiger partial charge is 0.364 e. The predicted octanol–water partition coefficient (Wildman–Crippen LogP) is 3.01. The fourth-order valence-electron chi connectivity index (χ4n) is 1.97. The van der Waals surface area contributed by atoms with Crippen molar-refractivity contribution >= 4 is 34.8 Å². The van der Waals surface area contributed by atoms with E-state index < -0.39 is 10.8 Å². The third-order valence-corrected chi connectivity index (χ3v) is 3.44. The van der Waals surface area contributed by atoms with Crippen molar-refractivity contribution in [3.63, 3.8) is 0 Å². The molecule has 0 aliphatic rings. The van der Waals surface area contributed by atoms with Crippen LogP contribution < -0.4 is 16.2 Å². The Morgan fingerprint density at radius 2 is 2.08 bits per heavy atom. The highest BCUT2D eigenvalue weighted by molar-refractivity contribution is 6.30. The van der Waals surface area contributed by atoms with Crippen LogP contribution in [0.2, 0.25) is 5.02 Å². The van der Waals surface area contributed by atoms with E-state index in [2.05, 4.69) is 26.1 Å². The third-order valence-electron chi connectivity index (χ3n) is 3.21. The first-order valence-electron chi connectivity index (χ1n) is 7.58. The molecule has 2 aromatic rings. The Morgan fingerprint density at radius 3 is 2.76 bits per heavy atom. The van der Waals surface area contributed by atoms with Gasteiger partial charge in [-0.3, -0.25) is 25.8 Å². The molecule has 132 valence electrons. The summed E-state index contributed by atoms with van der Waals surface area (Å²) in [6.45, 7) is 2.55. The molecule has 1 aromatic heterocycles. The maximum absolute atomic E-state index is 12.1. The van der Waals surface area contributed by atoms with Crippen molar-refractivity contribution < 1.29 is 9.72 Å². The number of nitrogens with one attached hydrogen (secondary N) is 3. The Balaban J connectivity index is 2.14. The summed E-state index contributed by atoms with van der Waals surface area (Å²) in [6.07, 6.45) is 2.96. The zero-order valence-corrected chi connectivity index (χ0v) is 14.2. The standard InChI is InChI=1S/C15H17ClN6O3/c1-2-3-7-17-13-12(22(24)25)14(19-9-18-13)20-21-15(23)10-5-4-6-11(16)8-10/h4-6,8-9H,2-3,7H2,1H3,(H,21,23)(H2,17,18,19,20). The van der Waals surface area contributed by atoms with E-state index >= 15 is 0 Å². The average molecular weight is 365 g/mol. The average Bonchev–Trinajstić information content (AvgIpc) is 2.59. The van der Waals surface area contributed by atoms with Crippen molar-refractivity contribution in [2.75, 3.05) is 17.3 Å². The molecule has 0 saturated carbocycles.